The van der Waals surface area contributed by atoms with Crippen LogP contribution in [0.15, 0.2) is 97.1 Å². The van der Waals surface area contributed by atoms with E-state index < -0.39 is 6.16 Å². The van der Waals surface area contributed by atoms with Crippen LogP contribution in [0, 0.1) is 32.1 Å². The Hall–Kier alpha value is -4.43. The van der Waals surface area contributed by atoms with Crippen molar-refractivity contribution in [2.24, 2.45) is 0 Å². The molecule has 0 bridgehead atoms. The number of benzene rings is 4. The van der Waals surface area contributed by atoms with Crippen molar-refractivity contribution in [1.82, 2.24) is 0 Å². The maximum atomic E-state index is 9.16. The SMILES string of the molecule is Cc1cccc(OC(Oc2ccc(C#N)cc2)(Oc2cccc(C)c2)Oc2cccc(C)c2)c1. The highest BCUT2D eigenvalue weighted by molar-refractivity contribution is 5.36. The first-order valence-electron chi connectivity index (χ1n) is 10.9. The number of nitrogens with zero attached hydrogens (tertiary/aromatic N) is 1. The number of aryl methyl sites for hydroxylation is 3. The first-order valence-corrected chi connectivity index (χ1v) is 10.9. The molecule has 5 heteroatoms. The van der Waals surface area contributed by atoms with Gasteiger partial charge in [-0.3, -0.25) is 0 Å². The molecule has 4 aromatic carbocycles. The molecule has 0 N–H and O–H groups in total. The summed E-state index contributed by atoms with van der Waals surface area (Å²) >= 11 is 0. The second kappa shape index (κ2) is 10.0. The number of hydrogen-bond acceptors (Lipinski definition) is 5. The van der Waals surface area contributed by atoms with Gasteiger partial charge in [-0.2, -0.15) is 5.26 Å². The topological polar surface area (TPSA) is 60.7 Å². The van der Waals surface area contributed by atoms with Crippen LogP contribution in [0.3, 0.4) is 0 Å². The first kappa shape index (κ1) is 22.8. The molecule has 0 spiro atoms. The average molecular weight is 452 g/mol. The summed E-state index contributed by atoms with van der Waals surface area (Å²) in [6.45, 7) is 5.91. The molecule has 34 heavy (non-hydrogen) atoms. The highest BCUT2D eigenvalue weighted by Gasteiger charge is 2.44. The quantitative estimate of drug-likeness (QED) is 0.279. The van der Waals surface area contributed by atoms with Gasteiger partial charge in [0.05, 0.1) is 11.6 Å². The number of rotatable bonds is 8. The monoisotopic (exact) mass is 451 g/mol. The third-order valence-corrected chi connectivity index (χ3v) is 4.92. The predicted molar refractivity (Wildman–Crippen MR) is 130 cm³/mol. The van der Waals surface area contributed by atoms with E-state index in [9.17, 15) is 0 Å². The zero-order valence-electron chi connectivity index (χ0n) is 19.3. The summed E-state index contributed by atoms with van der Waals surface area (Å²) < 4.78 is 25.2. The van der Waals surface area contributed by atoms with Crippen LogP contribution in [0.25, 0.3) is 0 Å². The van der Waals surface area contributed by atoms with E-state index in [4.69, 9.17) is 24.2 Å². The second-order valence-corrected chi connectivity index (χ2v) is 7.99. The van der Waals surface area contributed by atoms with Gasteiger partial charge >= 0.3 is 6.16 Å². The molecule has 0 saturated carbocycles. The molecule has 0 aliphatic heterocycles. The van der Waals surface area contributed by atoms with E-state index >= 15 is 0 Å². The van der Waals surface area contributed by atoms with Gasteiger partial charge in [0.25, 0.3) is 0 Å². The van der Waals surface area contributed by atoms with Crippen molar-refractivity contribution >= 4 is 0 Å². The van der Waals surface area contributed by atoms with Gasteiger partial charge in [-0.15, -0.1) is 0 Å². The molecular weight excluding hydrogens is 426 g/mol. The molecule has 5 nitrogen and oxygen atoms in total. The number of nitriles is 1. The Morgan fingerprint density at radius 2 is 0.912 bits per heavy atom. The highest BCUT2D eigenvalue weighted by Crippen LogP contribution is 2.31. The number of ether oxygens (including phenoxy) is 4. The second-order valence-electron chi connectivity index (χ2n) is 7.99. The molecule has 0 aromatic heterocycles. The molecule has 0 fully saturated rings. The summed E-state index contributed by atoms with van der Waals surface area (Å²) in [6, 6.07) is 31.4. The maximum absolute atomic E-state index is 9.16. The Balaban J connectivity index is 1.80. The summed E-state index contributed by atoms with van der Waals surface area (Å²) in [5.74, 6) is 1.93. The Labute approximate surface area is 199 Å². The van der Waals surface area contributed by atoms with Gasteiger partial charge in [0.1, 0.15) is 23.0 Å². The third-order valence-electron chi connectivity index (χ3n) is 4.92. The van der Waals surface area contributed by atoms with Crippen LogP contribution < -0.4 is 18.9 Å². The molecule has 0 unspecified atom stereocenters. The number of hydrogen-bond donors (Lipinski definition) is 0. The van der Waals surface area contributed by atoms with Crippen LogP contribution in [-0.2, 0) is 0 Å². The Bertz CT molecular complexity index is 1190. The predicted octanol–water partition coefficient (Wildman–Crippen LogP) is 6.71. The summed E-state index contributed by atoms with van der Waals surface area (Å²) in [4.78, 5) is 0. The maximum Gasteiger partial charge on any atom is 0.611 e. The van der Waals surface area contributed by atoms with Crippen LogP contribution in [0.4, 0.5) is 0 Å². The van der Waals surface area contributed by atoms with Gasteiger partial charge in [-0.05, 0) is 98.1 Å². The van der Waals surface area contributed by atoms with Crippen molar-refractivity contribution in [3.05, 3.63) is 119 Å². The van der Waals surface area contributed by atoms with Crippen molar-refractivity contribution in [2.45, 2.75) is 26.9 Å². The fourth-order valence-corrected chi connectivity index (χ4v) is 3.34. The molecule has 0 aliphatic rings. The minimum absolute atomic E-state index is 0.409. The van der Waals surface area contributed by atoms with Crippen molar-refractivity contribution in [2.75, 3.05) is 0 Å². The molecule has 0 radical (unpaired) electrons. The van der Waals surface area contributed by atoms with Crippen LogP contribution in [0.1, 0.15) is 22.3 Å². The molecule has 4 rings (SSSR count). The third kappa shape index (κ3) is 5.87. The molecule has 0 atom stereocenters. The zero-order valence-corrected chi connectivity index (χ0v) is 19.3. The smallest absolute Gasteiger partial charge is 0.386 e. The van der Waals surface area contributed by atoms with Crippen LogP contribution >= 0.6 is 0 Å². The van der Waals surface area contributed by atoms with E-state index in [0.717, 1.165) is 16.7 Å². The fourth-order valence-electron chi connectivity index (χ4n) is 3.34. The molecule has 0 aliphatic carbocycles. The van der Waals surface area contributed by atoms with Gasteiger partial charge in [0, 0.05) is 0 Å². The molecule has 0 saturated heterocycles. The van der Waals surface area contributed by atoms with Crippen molar-refractivity contribution in [3.63, 3.8) is 0 Å². The van der Waals surface area contributed by atoms with E-state index in [1.54, 1.807) is 24.3 Å². The highest BCUT2D eigenvalue weighted by atomic mass is 17.0. The van der Waals surface area contributed by atoms with Crippen LogP contribution in [0.2, 0.25) is 0 Å². The van der Waals surface area contributed by atoms with Gasteiger partial charge < -0.3 is 18.9 Å². The molecular formula is C29H25NO4. The molecule has 0 amide bonds. The summed E-state index contributed by atoms with van der Waals surface area (Å²) in [5.41, 5.74) is 3.54. The minimum Gasteiger partial charge on any atom is -0.386 e. The van der Waals surface area contributed by atoms with E-state index in [1.807, 2.05) is 93.6 Å². The molecule has 170 valence electrons. The lowest BCUT2D eigenvalue weighted by Gasteiger charge is -2.32. The zero-order chi connectivity index (χ0) is 24.0. The van der Waals surface area contributed by atoms with Gasteiger partial charge in [0.2, 0.25) is 0 Å². The van der Waals surface area contributed by atoms with E-state index in [-0.39, 0.29) is 0 Å². The van der Waals surface area contributed by atoms with Gasteiger partial charge in [-0.25, -0.2) is 0 Å². The Morgan fingerprint density at radius 1 is 0.529 bits per heavy atom. The summed E-state index contributed by atoms with van der Waals surface area (Å²) in [5, 5.41) is 9.16. The van der Waals surface area contributed by atoms with E-state index in [1.165, 1.54) is 0 Å². The largest absolute Gasteiger partial charge is 0.611 e. The Kier molecular flexibility index (Phi) is 6.70. The standard InChI is InChI=1S/C29H25NO4/c1-21-7-4-10-26(17-21)32-29(33-27-11-5-8-22(2)18-27,34-28-12-6-9-23(3)19-28)31-25-15-13-24(20-30)14-16-25/h4-19H,1-3H3. The first-order chi connectivity index (χ1) is 16.4. The molecule has 0 heterocycles. The van der Waals surface area contributed by atoms with Crippen LogP contribution in [-0.4, -0.2) is 6.16 Å². The lowest BCUT2D eigenvalue weighted by atomic mass is 10.2. The Morgan fingerprint density at radius 3 is 1.26 bits per heavy atom. The summed E-state index contributed by atoms with van der Waals surface area (Å²) in [6.07, 6.45) is -2.00. The van der Waals surface area contributed by atoms with Gasteiger partial charge in [-0.1, -0.05) is 36.4 Å². The molecule has 4 aromatic rings. The van der Waals surface area contributed by atoms with Crippen molar-refractivity contribution in [1.29, 1.82) is 5.26 Å². The van der Waals surface area contributed by atoms with Crippen molar-refractivity contribution in [3.8, 4) is 29.1 Å². The minimum atomic E-state index is -2.00. The lowest BCUT2D eigenvalue weighted by molar-refractivity contribution is -0.367. The summed E-state index contributed by atoms with van der Waals surface area (Å²) in [7, 11) is 0. The van der Waals surface area contributed by atoms with Crippen LogP contribution in [0.5, 0.6) is 23.0 Å². The van der Waals surface area contributed by atoms with Gasteiger partial charge in [0.15, 0.2) is 0 Å². The fraction of sp³-hybridized carbons (Fsp3) is 0.138. The van der Waals surface area contributed by atoms with E-state index in [0.29, 0.717) is 28.6 Å². The normalized spacial score (nSPS) is 10.8. The van der Waals surface area contributed by atoms with E-state index in [2.05, 4.69) is 6.07 Å². The van der Waals surface area contributed by atoms with Crippen molar-refractivity contribution < 1.29 is 18.9 Å². The lowest BCUT2D eigenvalue weighted by Crippen LogP contribution is -2.53. The average Bonchev–Trinajstić information content (AvgIpc) is 2.79.